The lowest BCUT2D eigenvalue weighted by Crippen LogP contribution is -2.28. The van der Waals surface area contributed by atoms with E-state index < -0.39 is 0 Å². The van der Waals surface area contributed by atoms with E-state index in [2.05, 4.69) is 71.0 Å². The van der Waals surface area contributed by atoms with Crippen molar-refractivity contribution in [2.24, 2.45) is 10.9 Å². The maximum Gasteiger partial charge on any atom is 0.128 e. The molecule has 3 atom stereocenters. The van der Waals surface area contributed by atoms with E-state index in [9.17, 15) is 0 Å². The van der Waals surface area contributed by atoms with Crippen molar-refractivity contribution in [1.29, 1.82) is 0 Å². The molecule has 31 heavy (non-hydrogen) atoms. The molecule has 0 saturated heterocycles. The summed E-state index contributed by atoms with van der Waals surface area (Å²) in [6.07, 6.45) is 7.62. The van der Waals surface area contributed by atoms with E-state index in [-0.39, 0.29) is 0 Å². The van der Waals surface area contributed by atoms with Gasteiger partial charge in [0.2, 0.25) is 0 Å². The van der Waals surface area contributed by atoms with Crippen molar-refractivity contribution in [1.82, 2.24) is 0 Å². The van der Waals surface area contributed by atoms with Gasteiger partial charge in [-0.15, -0.1) is 0 Å². The van der Waals surface area contributed by atoms with Gasteiger partial charge in [-0.3, -0.25) is 4.99 Å². The Morgan fingerprint density at radius 3 is 2.77 bits per heavy atom. The van der Waals surface area contributed by atoms with Gasteiger partial charge in [0.05, 0.1) is 18.3 Å². The van der Waals surface area contributed by atoms with Gasteiger partial charge in [0.1, 0.15) is 5.75 Å². The first-order valence-corrected chi connectivity index (χ1v) is 11.2. The number of hydrogen-bond acceptors (Lipinski definition) is 3. The average Bonchev–Trinajstić information content (AvgIpc) is 3.29. The molecule has 4 heteroatoms. The van der Waals surface area contributed by atoms with E-state index in [0.29, 0.717) is 29.5 Å². The number of anilines is 1. The normalized spacial score (nSPS) is 21.5. The molecule has 0 bridgehead atoms. The van der Waals surface area contributed by atoms with Crippen LogP contribution in [0.3, 0.4) is 0 Å². The third kappa shape index (κ3) is 3.98. The summed E-state index contributed by atoms with van der Waals surface area (Å²) < 4.78 is 5.68. The maximum absolute atomic E-state index is 6.16. The molecule has 0 amide bonds. The predicted molar refractivity (Wildman–Crippen MR) is 129 cm³/mol. The van der Waals surface area contributed by atoms with Crippen molar-refractivity contribution in [2.45, 2.75) is 25.3 Å². The van der Waals surface area contributed by atoms with E-state index in [4.69, 9.17) is 16.3 Å². The molecule has 1 N–H and O–H groups in total. The number of halogens is 1. The van der Waals surface area contributed by atoms with Crippen LogP contribution >= 0.6 is 11.6 Å². The quantitative estimate of drug-likeness (QED) is 0.341. The zero-order valence-electron chi connectivity index (χ0n) is 17.5. The molecule has 2 aliphatic rings. The number of hydrogen-bond donors (Lipinski definition) is 1. The van der Waals surface area contributed by atoms with Gasteiger partial charge in [-0.05, 0) is 66.8 Å². The fourth-order valence-electron chi connectivity index (χ4n) is 4.69. The Morgan fingerprint density at radius 1 is 1.10 bits per heavy atom. The van der Waals surface area contributed by atoms with Crippen molar-refractivity contribution < 1.29 is 4.74 Å². The molecule has 156 valence electrons. The molecule has 3 aromatic carbocycles. The van der Waals surface area contributed by atoms with E-state index in [1.807, 2.05) is 31.3 Å². The van der Waals surface area contributed by atoms with E-state index in [1.54, 1.807) is 0 Å². The number of rotatable bonds is 5. The molecule has 0 aromatic heterocycles. The van der Waals surface area contributed by atoms with Gasteiger partial charge in [0, 0.05) is 28.4 Å². The van der Waals surface area contributed by atoms with Crippen LogP contribution in [0.5, 0.6) is 5.75 Å². The lowest BCUT2D eigenvalue weighted by atomic mass is 9.77. The Kier molecular flexibility index (Phi) is 5.52. The summed E-state index contributed by atoms with van der Waals surface area (Å²) in [4.78, 5) is 4.65. The van der Waals surface area contributed by atoms with Crippen molar-refractivity contribution in [3.63, 3.8) is 0 Å². The molecule has 1 heterocycles. The first-order chi connectivity index (χ1) is 15.2. The third-order valence-corrected chi connectivity index (χ3v) is 6.38. The number of nitrogens with one attached hydrogen (secondary N) is 1. The number of nitrogens with zero attached hydrogens (tertiary/aromatic N) is 1. The minimum atomic E-state index is 0.297. The number of para-hydroxylation sites is 1. The summed E-state index contributed by atoms with van der Waals surface area (Å²) in [5.74, 6) is 1.82. The molecule has 0 radical (unpaired) electrons. The molecule has 1 aliphatic carbocycles. The lowest BCUT2D eigenvalue weighted by Gasteiger charge is -2.37. The Bertz CT molecular complexity index is 1140. The van der Waals surface area contributed by atoms with Crippen LogP contribution in [0.25, 0.3) is 0 Å². The molecule has 0 unspecified atom stereocenters. The molecule has 5 rings (SSSR count). The van der Waals surface area contributed by atoms with Crippen LogP contribution in [0.4, 0.5) is 11.4 Å². The number of ether oxygens (including phenoxy) is 1. The van der Waals surface area contributed by atoms with Crippen molar-refractivity contribution in [3.05, 3.63) is 101 Å². The van der Waals surface area contributed by atoms with Crippen LogP contribution in [-0.4, -0.2) is 12.8 Å². The highest BCUT2D eigenvalue weighted by Gasteiger charge is 2.37. The summed E-state index contributed by atoms with van der Waals surface area (Å²) in [7, 11) is 0. The van der Waals surface area contributed by atoms with Gasteiger partial charge in [-0.1, -0.05) is 54.1 Å². The van der Waals surface area contributed by atoms with E-state index >= 15 is 0 Å². The number of aliphatic imine (C=N–C) groups is 1. The Hall–Kier alpha value is -3.04. The summed E-state index contributed by atoms with van der Waals surface area (Å²) in [5.41, 5.74) is 5.73. The topological polar surface area (TPSA) is 33.6 Å². The third-order valence-electron chi connectivity index (χ3n) is 6.15. The maximum atomic E-state index is 6.16. The van der Waals surface area contributed by atoms with Gasteiger partial charge in [0.15, 0.2) is 0 Å². The van der Waals surface area contributed by atoms with Gasteiger partial charge >= 0.3 is 0 Å². The van der Waals surface area contributed by atoms with Crippen LogP contribution in [0, 0.1) is 5.92 Å². The summed E-state index contributed by atoms with van der Waals surface area (Å²) in [5, 5.41) is 4.45. The molecular formula is C27H25ClN2O. The van der Waals surface area contributed by atoms with E-state index in [0.717, 1.165) is 23.4 Å². The Labute approximate surface area is 188 Å². The Balaban J connectivity index is 1.38. The number of fused-ring (bicyclic) bond motifs is 3. The van der Waals surface area contributed by atoms with Crippen LogP contribution in [0.1, 0.15) is 42.0 Å². The zero-order valence-corrected chi connectivity index (χ0v) is 18.2. The first-order valence-electron chi connectivity index (χ1n) is 10.8. The minimum absolute atomic E-state index is 0.297. The Morgan fingerprint density at radius 2 is 1.94 bits per heavy atom. The highest BCUT2D eigenvalue weighted by atomic mass is 35.5. The second-order valence-corrected chi connectivity index (χ2v) is 8.46. The van der Waals surface area contributed by atoms with Gasteiger partial charge in [-0.2, -0.15) is 0 Å². The highest BCUT2D eigenvalue weighted by Crippen LogP contribution is 2.49. The average molecular weight is 429 g/mol. The van der Waals surface area contributed by atoms with Gasteiger partial charge in [-0.25, -0.2) is 0 Å². The van der Waals surface area contributed by atoms with Crippen LogP contribution in [0.2, 0.25) is 5.02 Å². The van der Waals surface area contributed by atoms with Gasteiger partial charge in [0.25, 0.3) is 0 Å². The number of benzene rings is 3. The molecule has 3 aromatic rings. The highest BCUT2D eigenvalue weighted by molar-refractivity contribution is 6.30. The second-order valence-electron chi connectivity index (χ2n) is 8.03. The summed E-state index contributed by atoms with van der Waals surface area (Å²) in [6.45, 7) is 2.57. The summed E-state index contributed by atoms with van der Waals surface area (Å²) in [6, 6.07) is 23.1. The zero-order chi connectivity index (χ0) is 21.2. The second kappa shape index (κ2) is 8.60. The molecular weight excluding hydrogens is 404 g/mol. The minimum Gasteiger partial charge on any atom is -0.493 e. The van der Waals surface area contributed by atoms with Crippen molar-refractivity contribution in [2.75, 3.05) is 11.9 Å². The fourth-order valence-corrected chi connectivity index (χ4v) is 4.87. The first kappa shape index (κ1) is 19.9. The molecule has 0 spiro atoms. The van der Waals surface area contributed by atoms with E-state index in [1.165, 1.54) is 16.8 Å². The van der Waals surface area contributed by atoms with Crippen LogP contribution < -0.4 is 10.1 Å². The lowest BCUT2D eigenvalue weighted by molar-refractivity contribution is 0.340. The van der Waals surface area contributed by atoms with Crippen LogP contribution in [-0.2, 0) is 0 Å². The van der Waals surface area contributed by atoms with Crippen molar-refractivity contribution in [3.8, 4) is 5.75 Å². The smallest absolute Gasteiger partial charge is 0.128 e. The van der Waals surface area contributed by atoms with Crippen LogP contribution in [0.15, 0.2) is 83.9 Å². The molecule has 0 saturated carbocycles. The largest absolute Gasteiger partial charge is 0.493 e. The number of allylic oxidation sites excluding steroid dienone is 2. The monoisotopic (exact) mass is 428 g/mol. The molecule has 0 fully saturated rings. The SMILES string of the molecule is CCOc1ccc(Cl)cc1C=Nc1ccc([C@@H]2Nc3ccccc3[C@H]3C=CC[C@@H]32)cc1. The predicted octanol–water partition coefficient (Wildman–Crippen LogP) is 7.32. The fraction of sp³-hybridized carbons (Fsp3) is 0.222. The molecule has 3 nitrogen and oxygen atoms in total. The van der Waals surface area contributed by atoms with Crippen molar-refractivity contribution >= 4 is 29.2 Å². The molecule has 1 aliphatic heterocycles. The summed E-state index contributed by atoms with van der Waals surface area (Å²) >= 11 is 6.16. The van der Waals surface area contributed by atoms with Gasteiger partial charge < -0.3 is 10.1 Å². The standard InChI is InChI=1S/C27H25ClN2O/c1-2-31-26-15-12-20(28)16-19(26)17-29-21-13-10-18(11-14-21)27-24-8-5-7-22(24)23-6-3-4-9-25(23)30-27/h3-7,9-17,22,24,27,30H,2,8H2,1H3/t22-,24+,27+/m1/s1.